The number of benzene rings is 2. The van der Waals surface area contributed by atoms with E-state index in [1.165, 1.54) is 0 Å². The molecular weight excluding hydrogens is 493 g/mol. The molecule has 0 saturated carbocycles. The van der Waals surface area contributed by atoms with E-state index in [-0.39, 0.29) is 17.8 Å². The highest BCUT2D eigenvalue weighted by atomic mass is 35.5. The normalized spacial score (nSPS) is 21.2. The van der Waals surface area contributed by atoms with E-state index in [2.05, 4.69) is 5.32 Å². The minimum absolute atomic E-state index is 0.00823. The molecule has 1 aliphatic heterocycles. The van der Waals surface area contributed by atoms with Crippen molar-refractivity contribution in [3.05, 3.63) is 91.2 Å². The highest BCUT2D eigenvalue weighted by molar-refractivity contribution is 6.42. The van der Waals surface area contributed by atoms with Gasteiger partial charge in [-0.25, -0.2) is 4.79 Å². The van der Waals surface area contributed by atoms with E-state index in [4.69, 9.17) is 39.5 Å². The minimum atomic E-state index is -0.582. The molecule has 3 atom stereocenters. The van der Waals surface area contributed by atoms with Crippen LogP contribution >= 0.6 is 34.8 Å². The first kappa shape index (κ1) is 24.8. The third-order valence-electron chi connectivity index (χ3n) is 6.55. The van der Waals surface area contributed by atoms with Gasteiger partial charge in [-0.05, 0) is 68.0 Å². The number of esters is 1. The molecule has 7 heteroatoms. The maximum Gasteiger partial charge on any atom is 0.337 e. The number of allylic oxidation sites excluding steroid dienone is 3. The molecular formula is C27H26Cl3NO3. The second-order valence-corrected chi connectivity index (χ2v) is 10.1. The quantitative estimate of drug-likeness (QED) is 0.420. The van der Waals surface area contributed by atoms with E-state index in [0.717, 1.165) is 16.8 Å². The van der Waals surface area contributed by atoms with Gasteiger partial charge in [0.2, 0.25) is 0 Å². The van der Waals surface area contributed by atoms with Crippen LogP contribution in [0.3, 0.4) is 0 Å². The molecule has 1 aliphatic carbocycles. The van der Waals surface area contributed by atoms with Crippen molar-refractivity contribution in [2.45, 2.75) is 58.0 Å². The number of rotatable bonds is 5. The number of ketones is 1. The molecule has 0 fully saturated rings. The summed E-state index contributed by atoms with van der Waals surface area (Å²) in [6, 6.07) is 12.8. The Morgan fingerprint density at radius 1 is 1.06 bits per heavy atom. The summed E-state index contributed by atoms with van der Waals surface area (Å²) in [6.45, 7) is 5.65. The lowest BCUT2D eigenvalue weighted by atomic mass is 9.71. The Kier molecular flexibility index (Phi) is 7.42. The number of carbonyl (C=O) groups excluding carboxylic acids is 2. The summed E-state index contributed by atoms with van der Waals surface area (Å²) in [4.78, 5) is 26.9. The number of halogens is 3. The zero-order valence-corrected chi connectivity index (χ0v) is 21.5. The van der Waals surface area contributed by atoms with Crippen LogP contribution in [-0.2, 0) is 14.3 Å². The minimum Gasteiger partial charge on any atom is -0.459 e. The fourth-order valence-electron chi connectivity index (χ4n) is 4.64. The van der Waals surface area contributed by atoms with E-state index < -0.39 is 11.9 Å². The van der Waals surface area contributed by atoms with E-state index in [1.807, 2.05) is 51.1 Å². The molecule has 0 spiro atoms. The molecule has 0 unspecified atom stereocenters. The summed E-state index contributed by atoms with van der Waals surface area (Å²) >= 11 is 18.6. The average molecular weight is 519 g/mol. The number of dihydropyridines is 1. The van der Waals surface area contributed by atoms with Crippen LogP contribution in [0.5, 0.6) is 0 Å². The van der Waals surface area contributed by atoms with E-state index >= 15 is 0 Å². The van der Waals surface area contributed by atoms with Gasteiger partial charge in [-0.1, -0.05) is 59.9 Å². The zero-order valence-electron chi connectivity index (χ0n) is 19.3. The highest BCUT2D eigenvalue weighted by Crippen LogP contribution is 2.46. The van der Waals surface area contributed by atoms with Gasteiger partial charge in [-0.2, -0.15) is 0 Å². The summed E-state index contributed by atoms with van der Waals surface area (Å²) in [5.41, 5.74) is 4.30. The second kappa shape index (κ2) is 10.2. The topological polar surface area (TPSA) is 55.4 Å². The van der Waals surface area contributed by atoms with Crippen molar-refractivity contribution in [1.82, 2.24) is 5.32 Å². The van der Waals surface area contributed by atoms with Crippen LogP contribution in [-0.4, -0.2) is 17.9 Å². The number of carbonyl (C=O) groups is 2. The van der Waals surface area contributed by atoms with Crippen molar-refractivity contribution < 1.29 is 14.3 Å². The Morgan fingerprint density at radius 3 is 2.38 bits per heavy atom. The maximum absolute atomic E-state index is 13.6. The van der Waals surface area contributed by atoms with Crippen molar-refractivity contribution in [3.63, 3.8) is 0 Å². The van der Waals surface area contributed by atoms with Gasteiger partial charge < -0.3 is 10.1 Å². The largest absolute Gasteiger partial charge is 0.459 e. The molecule has 4 rings (SSSR count). The second-order valence-electron chi connectivity index (χ2n) is 8.87. The van der Waals surface area contributed by atoms with Gasteiger partial charge in [0.05, 0.1) is 21.7 Å². The molecule has 0 bridgehead atoms. The number of Topliss-reactive ketones (excluding diaryl/α,β-unsaturated/α-hetero) is 1. The first-order valence-corrected chi connectivity index (χ1v) is 12.5. The summed E-state index contributed by atoms with van der Waals surface area (Å²) in [6.07, 6.45) is 1.44. The molecule has 2 aromatic carbocycles. The summed E-state index contributed by atoms with van der Waals surface area (Å²) in [5.74, 6) is -1.01. The first-order valence-electron chi connectivity index (χ1n) is 11.3. The van der Waals surface area contributed by atoms with Crippen molar-refractivity contribution >= 4 is 46.6 Å². The highest BCUT2D eigenvalue weighted by Gasteiger charge is 2.41. The summed E-state index contributed by atoms with van der Waals surface area (Å²) < 4.78 is 5.69. The summed E-state index contributed by atoms with van der Waals surface area (Å²) in [5, 5.41) is 4.80. The average Bonchev–Trinajstić information content (AvgIpc) is 2.80. The fraction of sp³-hybridized carbons (Fsp3) is 0.333. The maximum atomic E-state index is 13.6. The molecule has 0 amide bonds. The van der Waals surface area contributed by atoms with E-state index in [0.29, 0.717) is 51.2 Å². The van der Waals surface area contributed by atoms with Crippen LogP contribution in [0, 0.1) is 0 Å². The van der Waals surface area contributed by atoms with Crippen LogP contribution in [0.15, 0.2) is 65.0 Å². The third kappa shape index (κ3) is 4.91. The van der Waals surface area contributed by atoms with E-state index in [1.54, 1.807) is 12.1 Å². The Balaban J connectivity index is 1.79. The van der Waals surface area contributed by atoms with Gasteiger partial charge in [-0.15, -0.1) is 0 Å². The monoisotopic (exact) mass is 517 g/mol. The van der Waals surface area contributed by atoms with Gasteiger partial charge in [0.25, 0.3) is 0 Å². The molecule has 1 N–H and O–H groups in total. The predicted molar refractivity (Wildman–Crippen MR) is 136 cm³/mol. The Hall–Kier alpha value is -2.27. The van der Waals surface area contributed by atoms with Crippen molar-refractivity contribution in [3.8, 4) is 0 Å². The van der Waals surface area contributed by atoms with Crippen molar-refractivity contribution in [2.75, 3.05) is 0 Å². The van der Waals surface area contributed by atoms with Crippen LogP contribution in [0.2, 0.25) is 15.1 Å². The van der Waals surface area contributed by atoms with Gasteiger partial charge >= 0.3 is 5.97 Å². The number of ether oxygens (including phenoxy) is 1. The lowest BCUT2D eigenvalue weighted by molar-refractivity contribution is -0.144. The van der Waals surface area contributed by atoms with Crippen LogP contribution in [0.25, 0.3) is 0 Å². The van der Waals surface area contributed by atoms with Crippen molar-refractivity contribution in [2.24, 2.45) is 0 Å². The molecule has 4 nitrogen and oxygen atoms in total. The number of nitrogens with one attached hydrogen (secondary N) is 1. The Labute approximate surface area is 214 Å². The molecule has 1 heterocycles. The Bertz CT molecular complexity index is 1200. The molecule has 0 saturated heterocycles. The van der Waals surface area contributed by atoms with Crippen LogP contribution in [0.4, 0.5) is 0 Å². The lowest BCUT2D eigenvalue weighted by Crippen LogP contribution is -2.36. The molecule has 178 valence electrons. The number of hydrogen-bond acceptors (Lipinski definition) is 4. The van der Waals surface area contributed by atoms with Gasteiger partial charge in [0.1, 0.15) is 0 Å². The van der Waals surface area contributed by atoms with Crippen LogP contribution in [0.1, 0.15) is 63.0 Å². The lowest BCUT2D eigenvalue weighted by Gasteiger charge is -2.37. The van der Waals surface area contributed by atoms with Crippen LogP contribution < -0.4 is 5.32 Å². The SMILES string of the molecule is CC[C@H](C)OC(=O)C1=C(C)NC2=C(C(=O)C[C@H](c3ccc(Cl)cc3)C2)[C@@H]1c1ccc(Cl)c(Cl)c1. The Morgan fingerprint density at radius 2 is 1.74 bits per heavy atom. The molecule has 2 aromatic rings. The molecule has 0 radical (unpaired) electrons. The smallest absolute Gasteiger partial charge is 0.337 e. The van der Waals surface area contributed by atoms with Gasteiger partial charge in [-0.3, -0.25) is 4.79 Å². The fourth-order valence-corrected chi connectivity index (χ4v) is 5.07. The molecule has 34 heavy (non-hydrogen) atoms. The predicted octanol–water partition coefficient (Wildman–Crippen LogP) is 7.35. The van der Waals surface area contributed by atoms with Gasteiger partial charge in [0.15, 0.2) is 5.78 Å². The molecule has 0 aromatic heterocycles. The summed E-state index contributed by atoms with van der Waals surface area (Å²) in [7, 11) is 0. The first-order chi connectivity index (χ1) is 16.2. The van der Waals surface area contributed by atoms with E-state index in [9.17, 15) is 9.59 Å². The third-order valence-corrected chi connectivity index (χ3v) is 7.54. The van der Waals surface area contributed by atoms with Crippen molar-refractivity contribution in [1.29, 1.82) is 0 Å². The standard InChI is InChI=1S/C27H26Cl3NO3/c1-4-14(2)34-27(33)24-15(3)31-22-12-18(16-5-8-19(28)9-6-16)13-23(32)26(22)25(24)17-7-10-20(29)21(30)11-17/h5-11,14,18,25,31H,4,12-13H2,1-3H3/t14-,18+,25+/m0/s1. The number of hydrogen-bond donors (Lipinski definition) is 1. The zero-order chi connectivity index (χ0) is 24.6. The van der Waals surface area contributed by atoms with Gasteiger partial charge in [0, 0.05) is 34.3 Å². The molecule has 2 aliphatic rings.